The van der Waals surface area contributed by atoms with Crippen molar-refractivity contribution in [1.82, 2.24) is 18.3 Å². The molecule has 0 aliphatic rings. The molecule has 24 aromatic rings. The number of para-hydroxylation sites is 7. The third-order valence-electron chi connectivity index (χ3n) is 23.8. The highest BCUT2D eigenvalue weighted by Gasteiger charge is 2.24. The molecule has 0 spiro atoms. The molecule has 0 unspecified atom stereocenters. The molecular weight excluding hydrogens is 1490 g/mol. The Bertz CT molecular complexity index is 8390. The van der Waals surface area contributed by atoms with Crippen molar-refractivity contribution in [2.75, 3.05) is 9.80 Å². The molecule has 6 nitrogen and oxygen atoms in total. The molecule has 0 aliphatic heterocycles. The normalized spacial score (nSPS) is 12.2. The van der Waals surface area contributed by atoms with Gasteiger partial charge in [0.25, 0.3) is 0 Å². The van der Waals surface area contributed by atoms with Crippen LogP contribution in [0.5, 0.6) is 0 Å². The predicted molar refractivity (Wildman–Crippen MR) is 514 cm³/mol. The van der Waals surface area contributed by atoms with E-state index in [1.807, 2.05) is 47.7 Å². The number of aromatic nitrogens is 4. The number of benzene rings is 19. The number of hydrogen-bond donors (Lipinski definition) is 0. The van der Waals surface area contributed by atoms with Crippen LogP contribution < -0.4 is 9.80 Å². The van der Waals surface area contributed by atoms with Crippen LogP contribution in [-0.4, -0.2) is 18.3 Å². The first-order valence-electron chi connectivity index (χ1n) is 43.4. The van der Waals surface area contributed by atoms with Gasteiger partial charge in [0, 0.05) is 120 Å². The van der Waals surface area contributed by atoms with E-state index in [4.69, 9.17) is 6.85 Å². The number of rotatable bonds is 14. The summed E-state index contributed by atoms with van der Waals surface area (Å²) in [7, 11) is 0. The summed E-state index contributed by atoms with van der Waals surface area (Å²) in [5.41, 5.74) is 27.3. The molecule has 0 fully saturated rings. The Morgan fingerprint density at radius 2 is 0.504 bits per heavy atom. The van der Waals surface area contributed by atoms with E-state index in [-0.39, 0.29) is 29.7 Å². The lowest BCUT2D eigenvalue weighted by Crippen LogP contribution is -2.10. The van der Waals surface area contributed by atoms with Gasteiger partial charge in [-0.3, -0.25) is 0 Å². The highest BCUT2D eigenvalue weighted by Crippen LogP contribution is 2.47. The van der Waals surface area contributed by atoms with Gasteiger partial charge >= 0.3 is 0 Å². The van der Waals surface area contributed by atoms with Crippen LogP contribution in [0.15, 0.2) is 461 Å². The zero-order chi connectivity index (χ0) is 84.2. The lowest BCUT2D eigenvalue weighted by molar-refractivity contribution is 1.18. The Kier molecular flexibility index (Phi) is 16.1. The third kappa shape index (κ3) is 12.4. The Hall–Kier alpha value is -15.8. The molecule has 5 heterocycles. The van der Waals surface area contributed by atoms with Crippen LogP contribution in [0.4, 0.5) is 34.1 Å². The number of anilines is 6. The van der Waals surface area contributed by atoms with Crippen molar-refractivity contribution in [3.8, 4) is 67.3 Å². The van der Waals surface area contributed by atoms with Crippen molar-refractivity contribution in [3.05, 3.63) is 461 Å². The minimum atomic E-state index is -0.406. The molecule has 7 heteroatoms. The summed E-state index contributed by atoms with van der Waals surface area (Å²) in [4.78, 5) is 4.65. The zero-order valence-corrected chi connectivity index (χ0v) is 66.4. The fourth-order valence-corrected chi connectivity index (χ4v) is 19.5. The largest absolute Gasteiger partial charge is 0.310 e. The van der Waals surface area contributed by atoms with Crippen molar-refractivity contribution < 1.29 is 6.85 Å². The summed E-state index contributed by atoms with van der Waals surface area (Å²) in [6.07, 6.45) is 0. The first-order chi connectivity index (χ1) is 62.1. The van der Waals surface area contributed by atoms with E-state index in [2.05, 4.69) is 422 Å². The molecule has 0 atom stereocenters. The van der Waals surface area contributed by atoms with Gasteiger partial charge in [0.1, 0.15) is 0 Å². The highest BCUT2D eigenvalue weighted by atomic mass is 32.1. The Labute approximate surface area is 711 Å². The van der Waals surface area contributed by atoms with Gasteiger partial charge < -0.3 is 28.1 Å². The minimum Gasteiger partial charge on any atom is -0.310 e. The second-order valence-corrected chi connectivity index (χ2v) is 31.9. The molecule has 0 amide bonds. The van der Waals surface area contributed by atoms with Crippen molar-refractivity contribution in [3.63, 3.8) is 0 Å². The molecule has 0 saturated carbocycles. The quantitative estimate of drug-likeness (QED) is 0.108. The van der Waals surface area contributed by atoms with Gasteiger partial charge in [0.05, 0.1) is 51.0 Å². The van der Waals surface area contributed by atoms with Gasteiger partial charge in [-0.2, -0.15) is 0 Å². The summed E-state index contributed by atoms with van der Waals surface area (Å²) in [5.74, 6) is 0. The van der Waals surface area contributed by atoms with Crippen LogP contribution in [0.3, 0.4) is 0 Å². The van der Waals surface area contributed by atoms with E-state index >= 15 is 0 Å². The lowest BCUT2D eigenvalue weighted by atomic mass is 10.0. The fraction of sp³-hybridized carbons (Fsp3) is 0. The minimum absolute atomic E-state index is 0.176. The van der Waals surface area contributed by atoms with Crippen LogP contribution in [0, 0.1) is 0 Å². The summed E-state index contributed by atoms with van der Waals surface area (Å²) in [5, 5.41) is 12.2. The monoisotopic (exact) mass is 1570 g/mol. The van der Waals surface area contributed by atoms with Crippen LogP contribution in [0.1, 0.15) is 6.85 Å². The second-order valence-electron chi connectivity index (χ2n) is 30.8. The smallest absolute Gasteiger partial charge is 0.0629 e. The second kappa shape index (κ2) is 29.7. The van der Waals surface area contributed by atoms with Gasteiger partial charge in [0.2, 0.25) is 0 Å². The molecule has 19 aromatic carbocycles. The fourth-order valence-electron chi connectivity index (χ4n) is 18.4. The van der Waals surface area contributed by atoms with E-state index in [0.29, 0.717) is 5.56 Å². The Balaban J connectivity index is 0.000000145. The van der Waals surface area contributed by atoms with E-state index in [1.165, 1.54) is 85.7 Å². The molecule has 0 bridgehead atoms. The van der Waals surface area contributed by atoms with Gasteiger partial charge in [-0.1, -0.05) is 285 Å². The highest BCUT2D eigenvalue weighted by molar-refractivity contribution is 7.25. The average Bonchev–Trinajstić information content (AvgIpc) is 1.59. The molecule has 0 saturated heterocycles. The van der Waals surface area contributed by atoms with E-state index in [9.17, 15) is 0 Å². The summed E-state index contributed by atoms with van der Waals surface area (Å²) >= 11 is 1.86. The predicted octanol–water partition coefficient (Wildman–Crippen LogP) is 31.7. The zero-order valence-electron chi connectivity index (χ0n) is 70.6. The van der Waals surface area contributed by atoms with Crippen molar-refractivity contribution in [2.45, 2.75) is 0 Å². The number of nitrogens with zero attached hydrogens (tertiary/aromatic N) is 6. The van der Waals surface area contributed by atoms with Crippen molar-refractivity contribution >= 4 is 153 Å². The van der Waals surface area contributed by atoms with E-state index in [1.54, 1.807) is 0 Å². The van der Waals surface area contributed by atoms with Gasteiger partial charge in [0.15, 0.2) is 0 Å². The molecule has 0 N–H and O–H groups in total. The van der Waals surface area contributed by atoms with Crippen LogP contribution >= 0.6 is 11.3 Å². The van der Waals surface area contributed by atoms with Gasteiger partial charge in [-0.25, -0.2) is 0 Å². The lowest BCUT2D eigenvalue weighted by Gasteiger charge is -2.27. The first kappa shape index (κ1) is 65.4. The number of hydrogen-bond acceptors (Lipinski definition) is 3. The van der Waals surface area contributed by atoms with Gasteiger partial charge in [-0.05, 0) is 220 Å². The molecule has 5 aromatic heterocycles. The number of thiophene rings is 1. The third-order valence-corrected chi connectivity index (χ3v) is 25.0. The summed E-state index contributed by atoms with van der Waals surface area (Å²) in [6, 6.07) is 152. The maximum absolute atomic E-state index is 8.65. The summed E-state index contributed by atoms with van der Waals surface area (Å²) < 4.78 is 54.1. The maximum atomic E-state index is 8.65. The summed E-state index contributed by atoms with van der Waals surface area (Å²) in [6.45, 7) is 0. The molecular formula is C114H76N6S. The van der Waals surface area contributed by atoms with Crippen LogP contribution in [-0.2, 0) is 0 Å². The maximum Gasteiger partial charge on any atom is 0.0629 e. The molecule has 0 radical (unpaired) electrons. The number of fused-ring (bicyclic) bond motifs is 15. The standard InChI is InChI=1S/C60H39N3S.C54H37N3/c1-3-15-40(16-4-1)41-17-13-21-45(35-41)61(46-22-14-18-42(36-46)43-29-32-51-49-23-7-10-26-55(49)62(57(51)37-43)44-19-5-2-6-20-44)48-30-33-52-50-24-8-11-27-56(50)63(58(52)39-48)47-31-34-60-54(38-47)53-25-9-12-28-59(53)64-60;1-4-15-38(16-5-1)39-27-30-44(31-28-39)55(46-32-34-53-50(37-46)48-24-11-13-26-52(48)56(53)42-18-6-2-7-19-42)45-22-14-17-40(35-45)41-29-33-49-47-23-10-12-25-51(47)57(54(49)36-41)43-20-8-3-9-21-43/h1-39H;1-37H/i;1D,4D,5D,15D,16D. The SMILES string of the molecule is [2H]c1c([2H])c([2H])c(-c2ccc(N(c3cccc(-c4ccc5c6ccccc6n(-c6ccccc6)c5c4)c3)c3ccc4c(c3)c3ccccc3n4-c3ccccc3)cc2)c([2H])c1[2H].c1ccc(-c2cccc(N(c3cccc(-c4ccc5c6ccccc6n(-c6ccccc6)c5c4)c3)c3ccc4c5ccccc5n(-c5ccc6sc7ccccc7c6c5)c4c3)c2)cc1. The molecule has 568 valence electrons. The molecule has 0 aliphatic carbocycles. The van der Waals surface area contributed by atoms with Crippen LogP contribution in [0.2, 0.25) is 0 Å². The van der Waals surface area contributed by atoms with Gasteiger partial charge in [-0.15, -0.1) is 11.3 Å². The van der Waals surface area contributed by atoms with E-state index in [0.717, 1.165) is 112 Å². The van der Waals surface area contributed by atoms with Crippen molar-refractivity contribution in [1.29, 1.82) is 0 Å². The Morgan fingerprint density at radius 3 is 1.02 bits per heavy atom. The Morgan fingerprint density at radius 1 is 0.174 bits per heavy atom. The van der Waals surface area contributed by atoms with Crippen molar-refractivity contribution in [2.24, 2.45) is 0 Å². The first-order valence-corrected chi connectivity index (χ1v) is 41.8. The van der Waals surface area contributed by atoms with E-state index < -0.39 is 6.04 Å². The molecule has 121 heavy (non-hydrogen) atoms. The van der Waals surface area contributed by atoms with Crippen LogP contribution in [0.25, 0.3) is 175 Å². The topological polar surface area (TPSA) is 26.2 Å². The average molecular weight is 1570 g/mol. The molecule has 24 rings (SSSR count).